The quantitative estimate of drug-likeness (QED) is 0.739. The van der Waals surface area contributed by atoms with Crippen molar-refractivity contribution in [1.29, 1.82) is 0 Å². The molecule has 31 heavy (non-hydrogen) atoms. The van der Waals surface area contributed by atoms with Crippen molar-refractivity contribution in [2.75, 3.05) is 38.8 Å². The third kappa shape index (κ3) is 3.92. The molecule has 1 fully saturated rings. The van der Waals surface area contributed by atoms with Crippen molar-refractivity contribution >= 4 is 21.8 Å². The highest BCUT2D eigenvalue weighted by atomic mass is 32.2. The summed E-state index contributed by atoms with van der Waals surface area (Å²) < 4.78 is 43.6. The first-order valence-corrected chi connectivity index (χ1v) is 11.8. The predicted octanol–water partition coefficient (Wildman–Crippen LogP) is 1.08. The maximum absolute atomic E-state index is 12.9. The molecule has 0 bridgehead atoms. The minimum absolute atomic E-state index is 0.0665. The van der Waals surface area contributed by atoms with Gasteiger partial charge in [-0.05, 0) is 42.7 Å². The summed E-state index contributed by atoms with van der Waals surface area (Å²) in [4.78, 5) is 14.6. The molecular weight excluding hydrogens is 422 g/mol. The van der Waals surface area contributed by atoms with Crippen LogP contribution in [0.5, 0.6) is 11.5 Å². The molecule has 1 saturated heterocycles. The van der Waals surface area contributed by atoms with Crippen LogP contribution < -0.4 is 14.8 Å². The first kappa shape index (κ1) is 20.1. The summed E-state index contributed by atoms with van der Waals surface area (Å²) in [6.07, 6.45) is 6.38. The Hall–Kier alpha value is -2.85. The summed E-state index contributed by atoms with van der Waals surface area (Å²) in [6, 6.07) is 5.94. The van der Waals surface area contributed by atoms with Crippen LogP contribution in [0.2, 0.25) is 0 Å². The fraction of sp³-hybridized carbons (Fsp3) is 0.429. The number of hydrogen-bond donors (Lipinski definition) is 1. The van der Waals surface area contributed by atoms with Crippen molar-refractivity contribution in [3.8, 4) is 11.5 Å². The summed E-state index contributed by atoms with van der Waals surface area (Å²) in [5, 5.41) is 3.07. The number of ether oxygens (including phenoxy) is 3. The molecule has 1 aromatic rings. The molecule has 4 aliphatic rings. The second-order valence-corrected chi connectivity index (χ2v) is 9.74. The van der Waals surface area contributed by atoms with Crippen LogP contribution in [-0.4, -0.2) is 63.9 Å². The third-order valence-corrected chi connectivity index (χ3v) is 7.27. The Morgan fingerprint density at radius 2 is 1.97 bits per heavy atom. The van der Waals surface area contributed by atoms with Gasteiger partial charge in [0.15, 0.2) is 11.5 Å². The maximum Gasteiger partial charge on any atom is 0.256 e. The van der Waals surface area contributed by atoms with E-state index in [-0.39, 0.29) is 30.4 Å². The number of hydrogen-bond acceptors (Lipinski definition) is 7. The molecule has 0 spiro atoms. The molecule has 0 aliphatic carbocycles. The fourth-order valence-electron chi connectivity index (χ4n) is 4.24. The van der Waals surface area contributed by atoms with Gasteiger partial charge in [0.25, 0.3) is 15.9 Å². The van der Waals surface area contributed by atoms with Crippen molar-refractivity contribution in [1.82, 2.24) is 10.2 Å². The zero-order chi connectivity index (χ0) is 21.5. The van der Waals surface area contributed by atoms with Crippen LogP contribution in [0.1, 0.15) is 18.4 Å². The first-order valence-electron chi connectivity index (χ1n) is 10.2. The number of carbonyl (C=O) groups is 1. The van der Waals surface area contributed by atoms with Crippen LogP contribution in [0.4, 0.5) is 0 Å². The van der Waals surface area contributed by atoms with Gasteiger partial charge in [-0.3, -0.25) is 4.79 Å². The Morgan fingerprint density at radius 1 is 1.16 bits per heavy atom. The van der Waals surface area contributed by atoms with Gasteiger partial charge >= 0.3 is 0 Å². The molecule has 0 saturated carbocycles. The van der Waals surface area contributed by atoms with E-state index in [1.54, 1.807) is 23.3 Å². The highest BCUT2D eigenvalue weighted by molar-refractivity contribution is 7.90. The lowest BCUT2D eigenvalue weighted by molar-refractivity contribution is -0.117. The van der Waals surface area contributed by atoms with Crippen molar-refractivity contribution in [3.05, 3.63) is 47.7 Å². The fourth-order valence-corrected chi connectivity index (χ4v) is 5.21. The van der Waals surface area contributed by atoms with Gasteiger partial charge in [0.2, 0.25) is 6.79 Å². The molecule has 0 unspecified atom stereocenters. The molecule has 5 rings (SSSR count). The zero-order valence-electron chi connectivity index (χ0n) is 16.9. The highest BCUT2D eigenvalue weighted by Gasteiger charge is 2.36. The smallest absolute Gasteiger partial charge is 0.256 e. The SMILES string of the molecule is O=C(NCC1(c2ccc3c(c2)OCO3)CCOCC1)C1=CN2CCS(=O)(=O)N=C2C=C1. The van der Waals surface area contributed by atoms with Crippen molar-refractivity contribution in [2.24, 2.45) is 4.40 Å². The first-order chi connectivity index (χ1) is 14.9. The lowest BCUT2D eigenvalue weighted by atomic mass is 9.74. The van der Waals surface area contributed by atoms with Gasteiger partial charge in [-0.25, -0.2) is 8.42 Å². The van der Waals surface area contributed by atoms with E-state index < -0.39 is 10.0 Å². The molecule has 9 nitrogen and oxygen atoms in total. The Bertz CT molecular complexity index is 1100. The van der Waals surface area contributed by atoms with Crippen LogP contribution in [0.3, 0.4) is 0 Å². The van der Waals surface area contributed by atoms with E-state index in [9.17, 15) is 13.2 Å². The normalized spacial score (nSPS) is 22.9. The number of amidine groups is 1. The third-order valence-electron chi connectivity index (χ3n) is 6.11. The molecule has 164 valence electrons. The summed E-state index contributed by atoms with van der Waals surface area (Å²) in [7, 11) is -3.42. The van der Waals surface area contributed by atoms with E-state index in [1.807, 2.05) is 18.2 Å². The van der Waals surface area contributed by atoms with Crippen LogP contribution in [0.15, 0.2) is 46.5 Å². The standard InChI is InChI=1S/C21H23N3O6S/c25-20(15-1-4-19-23-31(26,27)10-7-24(19)12-15)22-13-21(5-8-28-9-6-21)16-2-3-17-18(11-16)30-14-29-17/h1-4,11-12H,5-10,13-14H2,(H,22,25). The maximum atomic E-state index is 12.9. The second kappa shape index (κ2) is 7.69. The van der Waals surface area contributed by atoms with E-state index in [0.717, 1.165) is 29.9 Å². The number of fused-ring (bicyclic) bond motifs is 2. The van der Waals surface area contributed by atoms with Gasteiger partial charge in [-0.2, -0.15) is 0 Å². The van der Waals surface area contributed by atoms with Crippen molar-refractivity contribution in [3.63, 3.8) is 0 Å². The summed E-state index contributed by atoms with van der Waals surface area (Å²) >= 11 is 0. The molecule has 1 amide bonds. The average Bonchev–Trinajstić information content (AvgIpc) is 3.25. The Balaban J connectivity index is 1.33. The van der Waals surface area contributed by atoms with Gasteiger partial charge in [-0.15, -0.1) is 4.40 Å². The van der Waals surface area contributed by atoms with Crippen LogP contribution in [-0.2, 0) is 25.0 Å². The van der Waals surface area contributed by atoms with E-state index in [0.29, 0.717) is 31.2 Å². The van der Waals surface area contributed by atoms with E-state index in [2.05, 4.69) is 9.71 Å². The Kier molecular flexibility index (Phi) is 4.98. The molecule has 1 aromatic carbocycles. The summed E-state index contributed by atoms with van der Waals surface area (Å²) in [5.41, 5.74) is 1.29. The van der Waals surface area contributed by atoms with Gasteiger partial charge in [0.05, 0.1) is 11.3 Å². The van der Waals surface area contributed by atoms with E-state index >= 15 is 0 Å². The van der Waals surface area contributed by atoms with Crippen molar-refractivity contribution < 1.29 is 27.4 Å². The summed E-state index contributed by atoms with van der Waals surface area (Å²) in [6.45, 7) is 2.19. The molecule has 4 aliphatic heterocycles. The van der Waals surface area contributed by atoms with Crippen LogP contribution in [0.25, 0.3) is 0 Å². The van der Waals surface area contributed by atoms with Gasteiger partial charge < -0.3 is 24.4 Å². The molecule has 4 heterocycles. The number of nitrogens with one attached hydrogen (secondary N) is 1. The highest BCUT2D eigenvalue weighted by Crippen LogP contribution is 2.40. The molecule has 0 radical (unpaired) electrons. The Morgan fingerprint density at radius 3 is 2.81 bits per heavy atom. The van der Waals surface area contributed by atoms with E-state index in [4.69, 9.17) is 14.2 Å². The summed E-state index contributed by atoms with van der Waals surface area (Å²) in [5.74, 6) is 1.51. The van der Waals surface area contributed by atoms with Crippen molar-refractivity contribution in [2.45, 2.75) is 18.3 Å². The molecule has 0 atom stereocenters. The number of sulfonamides is 1. The lowest BCUT2D eigenvalue weighted by Crippen LogP contribution is -2.45. The predicted molar refractivity (Wildman–Crippen MR) is 112 cm³/mol. The number of carbonyl (C=O) groups excluding carboxylic acids is 1. The second-order valence-electron chi connectivity index (χ2n) is 7.99. The molecule has 10 heteroatoms. The topological polar surface area (TPSA) is 107 Å². The minimum Gasteiger partial charge on any atom is -0.454 e. The number of nitrogens with zero attached hydrogens (tertiary/aromatic N) is 2. The average molecular weight is 445 g/mol. The number of amides is 1. The molecule has 1 N–H and O–H groups in total. The van der Waals surface area contributed by atoms with Crippen LogP contribution >= 0.6 is 0 Å². The van der Waals surface area contributed by atoms with Crippen LogP contribution in [0, 0.1) is 0 Å². The van der Waals surface area contributed by atoms with E-state index in [1.165, 1.54) is 0 Å². The number of benzene rings is 1. The van der Waals surface area contributed by atoms with Gasteiger partial charge in [0, 0.05) is 37.9 Å². The molecular formula is C21H23N3O6S. The largest absolute Gasteiger partial charge is 0.454 e. The molecule has 0 aromatic heterocycles. The minimum atomic E-state index is -3.42. The number of rotatable bonds is 4. The Labute approximate surface area is 180 Å². The van der Waals surface area contributed by atoms with Gasteiger partial charge in [-0.1, -0.05) is 6.07 Å². The lowest BCUT2D eigenvalue weighted by Gasteiger charge is -2.38. The van der Waals surface area contributed by atoms with Gasteiger partial charge in [0.1, 0.15) is 5.84 Å². The zero-order valence-corrected chi connectivity index (χ0v) is 17.7. The monoisotopic (exact) mass is 445 g/mol.